The maximum atomic E-state index is 13.5. The molecule has 0 saturated carbocycles. The molecule has 0 bridgehead atoms. The molecule has 0 fully saturated rings. The topological polar surface area (TPSA) is 100 Å². The molecule has 0 atom stereocenters. The van der Waals surface area contributed by atoms with E-state index in [2.05, 4.69) is 15.3 Å². The highest BCUT2D eigenvalue weighted by atomic mass is 19.2. The van der Waals surface area contributed by atoms with Gasteiger partial charge in [-0.25, -0.2) is 13.6 Å². The summed E-state index contributed by atoms with van der Waals surface area (Å²) in [5.41, 5.74) is 0.271. The van der Waals surface area contributed by atoms with Crippen LogP contribution in [0.3, 0.4) is 0 Å². The minimum absolute atomic E-state index is 0.134. The summed E-state index contributed by atoms with van der Waals surface area (Å²) in [6.45, 7) is 0.235. The maximum Gasteiger partial charge on any atom is 0.330 e. The lowest BCUT2D eigenvalue weighted by molar-refractivity contribution is -0.117. The van der Waals surface area contributed by atoms with Crippen LogP contribution in [0.1, 0.15) is 16.7 Å². The number of amides is 1. The number of carbonyl (C=O) groups excluding carboxylic acids is 1. The van der Waals surface area contributed by atoms with Crippen molar-refractivity contribution in [2.75, 3.05) is 18.5 Å². The Kier molecular flexibility index (Phi) is 5.67. The molecule has 8 nitrogen and oxygen atoms in total. The van der Waals surface area contributed by atoms with Crippen molar-refractivity contribution in [3.05, 3.63) is 97.5 Å². The molecule has 0 radical (unpaired) electrons. The fourth-order valence-electron chi connectivity index (χ4n) is 3.46. The summed E-state index contributed by atoms with van der Waals surface area (Å²) < 4.78 is 27.6. The molecule has 2 N–H and O–H groups in total. The Hall–Kier alpha value is -4.08. The molecule has 10 heteroatoms. The van der Waals surface area contributed by atoms with Crippen molar-refractivity contribution < 1.29 is 13.6 Å². The highest BCUT2D eigenvalue weighted by molar-refractivity contribution is 6.00. The van der Waals surface area contributed by atoms with E-state index in [4.69, 9.17) is 0 Å². The number of anilines is 1. The van der Waals surface area contributed by atoms with Gasteiger partial charge in [-0.1, -0.05) is 6.07 Å². The summed E-state index contributed by atoms with van der Waals surface area (Å²) in [7, 11) is 1.65. The number of pyridine rings is 1. The van der Waals surface area contributed by atoms with E-state index >= 15 is 0 Å². The van der Waals surface area contributed by atoms with Gasteiger partial charge in [-0.3, -0.25) is 24.1 Å². The van der Waals surface area contributed by atoms with E-state index < -0.39 is 22.9 Å². The van der Waals surface area contributed by atoms with Gasteiger partial charge in [0.1, 0.15) is 5.82 Å². The minimum atomic E-state index is -1.07. The van der Waals surface area contributed by atoms with E-state index in [0.717, 1.165) is 22.3 Å². The molecule has 164 valence electrons. The van der Waals surface area contributed by atoms with Crippen LogP contribution in [0, 0.1) is 11.6 Å². The van der Waals surface area contributed by atoms with Crippen LogP contribution in [0.4, 0.5) is 14.6 Å². The van der Waals surface area contributed by atoms with Crippen molar-refractivity contribution >= 4 is 17.8 Å². The molecular weight excluding hydrogens is 420 g/mol. The first-order valence-electron chi connectivity index (χ1n) is 9.73. The molecule has 3 aromatic rings. The van der Waals surface area contributed by atoms with Gasteiger partial charge in [-0.2, -0.15) is 0 Å². The molecule has 3 heterocycles. The van der Waals surface area contributed by atoms with Gasteiger partial charge in [0.25, 0.3) is 5.56 Å². The quantitative estimate of drug-likeness (QED) is 0.626. The molecule has 2 aromatic heterocycles. The predicted octanol–water partition coefficient (Wildman–Crippen LogP) is 1.41. The molecule has 0 spiro atoms. The molecule has 0 saturated heterocycles. The lowest BCUT2D eigenvalue weighted by Gasteiger charge is -2.26. The van der Waals surface area contributed by atoms with Gasteiger partial charge in [0, 0.05) is 38.1 Å². The fraction of sp³-hybridized carbons (Fsp3) is 0.182. The van der Waals surface area contributed by atoms with Crippen molar-refractivity contribution in [2.45, 2.75) is 13.1 Å². The molecule has 1 aliphatic rings. The van der Waals surface area contributed by atoms with Crippen LogP contribution < -0.4 is 21.5 Å². The third-order valence-electron chi connectivity index (χ3n) is 5.13. The number of rotatable bonds is 5. The van der Waals surface area contributed by atoms with E-state index in [1.54, 1.807) is 36.5 Å². The number of likely N-dealkylation sites (N-methyl/N-ethyl adjacent to an activating group) is 1. The zero-order valence-corrected chi connectivity index (χ0v) is 17.1. The van der Waals surface area contributed by atoms with Crippen molar-refractivity contribution in [1.29, 1.82) is 0 Å². The largest absolute Gasteiger partial charge is 0.356 e. The monoisotopic (exact) mass is 439 g/mol. The molecule has 1 aliphatic heterocycles. The van der Waals surface area contributed by atoms with Crippen molar-refractivity contribution in [3.8, 4) is 0 Å². The molecule has 1 amide bonds. The maximum absolute atomic E-state index is 13.5. The second-order valence-corrected chi connectivity index (χ2v) is 7.40. The third-order valence-corrected chi connectivity index (χ3v) is 5.13. The number of aromatic nitrogens is 3. The van der Waals surface area contributed by atoms with E-state index in [9.17, 15) is 23.2 Å². The van der Waals surface area contributed by atoms with Crippen molar-refractivity contribution in [2.24, 2.45) is 0 Å². The van der Waals surface area contributed by atoms with Crippen LogP contribution >= 0.6 is 0 Å². The molecular formula is C22H19F2N5O3. The Bertz CT molecular complexity index is 1330. The van der Waals surface area contributed by atoms with Crippen LogP contribution in [-0.4, -0.2) is 34.0 Å². The van der Waals surface area contributed by atoms with Gasteiger partial charge in [-0.05, 0) is 41.5 Å². The number of benzene rings is 1. The molecule has 4 rings (SSSR count). The van der Waals surface area contributed by atoms with Crippen LogP contribution in [-0.2, 0) is 17.9 Å². The normalized spacial score (nSPS) is 12.8. The summed E-state index contributed by atoms with van der Waals surface area (Å²) in [5.74, 6) is -2.16. The van der Waals surface area contributed by atoms with E-state index in [1.165, 1.54) is 12.1 Å². The van der Waals surface area contributed by atoms with Crippen LogP contribution in [0.25, 0.3) is 6.08 Å². The Morgan fingerprint density at radius 1 is 1.12 bits per heavy atom. The Balaban J connectivity index is 1.64. The number of hydrogen-bond donors (Lipinski definition) is 2. The molecule has 0 unspecified atom stereocenters. The van der Waals surface area contributed by atoms with Gasteiger partial charge < -0.3 is 10.2 Å². The Morgan fingerprint density at radius 2 is 1.88 bits per heavy atom. The van der Waals surface area contributed by atoms with Crippen LogP contribution in [0.15, 0.2) is 57.9 Å². The molecule has 32 heavy (non-hydrogen) atoms. The summed E-state index contributed by atoms with van der Waals surface area (Å²) in [5, 5.41) is 2.80. The summed E-state index contributed by atoms with van der Waals surface area (Å²) >= 11 is 0. The number of fused-ring (bicyclic) bond motifs is 1. The highest BCUT2D eigenvalue weighted by Crippen LogP contribution is 2.22. The second kappa shape index (κ2) is 8.58. The summed E-state index contributed by atoms with van der Waals surface area (Å²) in [4.78, 5) is 46.4. The van der Waals surface area contributed by atoms with E-state index in [0.29, 0.717) is 12.1 Å². The predicted molar refractivity (Wildman–Crippen MR) is 114 cm³/mol. The molecule has 1 aromatic carbocycles. The first-order chi connectivity index (χ1) is 15.3. The SMILES string of the molecule is CN1CC(C(=O)NCc2ccncc2)=Cc2c1[nH]c(=O)n(Cc1ccc(F)c(F)c1)c2=O. The molecule has 0 aliphatic carbocycles. The minimum Gasteiger partial charge on any atom is -0.356 e. The lowest BCUT2D eigenvalue weighted by Crippen LogP contribution is -2.42. The van der Waals surface area contributed by atoms with Gasteiger partial charge in [-0.15, -0.1) is 0 Å². The highest BCUT2D eigenvalue weighted by Gasteiger charge is 2.24. The Labute approximate surface area is 180 Å². The van der Waals surface area contributed by atoms with E-state index in [-0.39, 0.29) is 35.9 Å². The fourth-order valence-corrected chi connectivity index (χ4v) is 3.46. The summed E-state index contributed by atoms with van der Waals surface area (Å²) in [6, 6.07) is 6.71. The smallest absolute Gasteiger partial charge is 0.330 e. The number of aromatic amines is 1. The van der Waals surface area contributed by atoms with Crippen molar-refractivity contribution in [3.63, 3.8) is 0 Å². The first-order valence-corrected chi connectivity index (χ1v) is 9.73. The number of halogens is 2. The first kappa shape index (κ1) is 21.2. The van der Waals surface area contributed by atoms with E-state index in [1.807, 2.05) is 0 Å². The summed E-state index contributed by atoms with van der Waals surface area (Å²) in [6.07, 6.45) is 4.69. The van der Waals surface area contributed by atoms with Crippen LogP contribution in [0.5, 0.6) is 0 Å². The lowest BCUT2D eigenvalue weighted by atomic mass is 10.1. The zero-order valence-electron chi connectivity index (χ0n) is 17.1. The Morgan fingerprint density at radius 3 is 2.59 bits per heavy atom. The average molecular weight is 439 g/mol. The number of nitrogens with one attached hydrogen (secondary N) is 2. The van der Waals surface area contributed by atoms with Crippen LogP contribution in [0.2, 0.25) is 0 Å². The van der Waals surface area contributed by atoms with Gasteiger partial charge in [0.05, 0.1) is 12.1 Å². The standard InChI is InChI=1S/C22H19F2N5O3/c1-28-12-15(20(30)26-10-13-4-6-25-7-5-13)9-16-19(28)27-22(32)29(21(16)31)11-14-2-3-17(23)18(24)8-14/h2-9H,10-12H2,1H3,(H,26,30)(H,27,32). The number of H-pyrrole nitrogens is 1. The van der Waals surface area contributed by atoms with Gasteiger partial charge in [0.2, 0.25) is 5.91 Å². The number of nitrogens with zero attached hydrogens (tertiary/aromatic N) is 3. The zero-order chi connectivity index (χ0) is 22.8. The van der Waals surface area contributed by atoms with Crippen molar-refractivity contribution in [1.82, 2.24) is 19.9 Å². The third kappa shape index (κ3) is 4.20. The average Bonchev–Trinajstić information content (AvgIpc) is 2.78. The second-order valence-electron chi connectivity index (χ2n) is 7.40. The number of hydrogen-bond acceptors (Lipinski definition) is 5. The van der Waals surface area contributed by atoms with Gasteiger partial charge >= 0.3 is 5.69 Å². The number of carbonyl (C=O) groups is 1. The van der Waals surface area contributed by atoms with Gasteiger partial charge in [0.15, 0.2) is 11.6 Å².